The molecule has 0 spiro atoms. The normalized spacial score (nSPS) is 13.9. The van der Waals surface area contributed by atoms with Gasteiger partial charge in [-0.2, -0.15) is 0 Å². The molecule has 0 atom stereocenters. The largest absolute Gasteiger partial charge is 0.336 e. The van der Waals surface area contributed by atoms with Crippen molar-refractivity contribution in [2.24, 2.45) is 0 Å². The van der Waals surface area contributed by atoms with Crippen LogP contribution in [-0.4, -0.2) is 54.3 Å². The molecule has 7 heteroatoms. The van der Waals surface area contributed by atoms with Crippen molar-refractivity contribution in [1.82, 2.24) is 9.80 Å². The molecule has 1 heterocycles. The second-order valence-corrected chi connectivity index (χ2v) is 7.74. The van der Waals surface area contributed by atoms with Gasteiger partial charge < -0.3 is 9.80 Å². The van der Waals surface area contributed by atoms with Crippen molar-refractivity contribution in [1.29, 1.82) is 0 Å². The predicted octanol–water partition coefficient (Wildman–Crippen LogP) is 3.68. The highest BCUT2D eigenvalue weighted by Gasteiger charge is 2.32. The zero-order chi connectivity index (χ0) is 20.5. The van der Waals surface area contributed by atoms with Crippen molar-refractivity contribution in [3.63, 3.8) is 0 Å². The number of rotatable bonds is 10. The number of likely N-dealkylation sites (N-methyl/N-ethyl adjacent to an activating group) is 1. The fourth-order valence-corrected chi connectivity index (χ4v) is 3.33. The Labute approximate surface area is 172 Å². The van der Waals surface area contributed by atoms with Crippen LogP contribution in [0.5, 0.6) is 0 Å². The average molecular weight is 408 g/mol. The third-order valence-corrected chi connectivity index (χ3v) is 5.22. The molecule has 154 valence electrons. The summed E-state index contributed by atoms with van der Waals surface area (Å²) in [7, 11) is 1.65. The van der Waals surface area contributed by atoms with Gasteiger partial charge in [0.25, 0.3) is 0 Å². The molecule has 1 aliphatic heterocycles. The van der Waals surface area contributed by atoms with Gasteiger partial charge in [0.2, 0.25) is 17.7 Å². The van der Waals surface area contributed by atoms with E-state index in [2.05, 4.69) is 6.92 Å². The smallest absolute Gasteiger partial charge is 0.248 e. The van der Waals surface area contributed by atoms with Crippen molar-refractivity contribution in [3.05, 3.63) is 29.3 Å². The van der Waals surface area contributed by atoms with Gasteiger partial charge in [-0.1, -0.05) is 50.6 Å². The Bertz CT molecular complexity index is 678. The number of anilines is 1. The molecular formula is C21H30ClN3O3. The number of nitrogens with zero attached hydrogens (tertiary/aromatic N) is 3. The lowest BCUT2D eigenvalue weighted by Gasteiger charge is -2.22. The van der Waals surface area contributed by atoms with Gasteiger partial charge in [0.05, 0.1) is 6.54 Å². The molecule has 2 rings (SSSR count). The number of hydrogen-bond acceptors (Lipinski definition) is 3. The van der Waals surface area contributed by atoms with Gasteiger partial charge in [0.15, 0.2) is 0 Å². The van der Waals surface area contributed by atoms with Crippen molar-refractivity contribution in [3.8, 4) is 0 Å². The number of unbranched alkanes of at least 4 members (excludes halogenated alkanes) is 5. The Morgan fingerprint density at radius 1 is 1.07 bits per heavy atom. The van der Waals surface area contributed by atoms with E-state index in [1.165, 1.54) is 29.1 Å². The number of benzene rings is 1. The zero-order valence-corrected chi connectivity index (χ0v) is 17.6. The van der Waals surface area contributed by atoms with E-state index in [4.69, 9.17) is 11.6 Å². The summed E-state index contributed by atoms with van der Waals surface area (Å²) in [6.45, 7) is 2.40. The van der Waals surface area contributed by atoms with Crippen LogP contribution in [0.4, 0.5) is 5.69 Å². The van der Waals surface area contributed by atoms with Gasteiger partial charge in [0, 0.05) is 24.2 Å². The Kier molecular flexibility index (Phi) is 8.77. The molecule has 0 aliphatic carbocycles. The van der Waals surface area contributed by atoms with Crippen molar-refractivity contribution >= 4 is 35.0 Å². The van der Waals surface area contributed by atoms with E-state index in [1.54, 1.807) is 36.2 Å². The molecule has 0 unspecified atom stereocenters. The maximum absolute atomic E-state index is 12.5. The number of amides is 3. The van der Waals surface area contributed by atoms with E-state index in [9.17, 15) is 14.4 Å². The Balaban J connectivity index is 1.76. The van der Waals surface area contributed by atoms with E-state index in [0.717, 1.165) is 19.3 Å². The summed E-state index contributed by atoms with van der Waals surface area (Å²) >= 11 is 5.88. The Hall–Kier alpha value is -2.08. The summed E-state index contributed by atoms with van der Waals surface area (Å²) in [6.07, 6.45) is 7.18. The predicted molar refractivity (Wildman–Crippen MR) is 111 cm³/mol. The van der Waals surface area contributed by atoms with E-state index in [-0.39, 0.29) is 37.5 Å². The third kappa shape index (κ3) is 6.51. The molecule has 3 amide bonds. The summed E-state index contributed by atoms with van der Waals surface area (Å²) in [5.41, 5.74) is 0.706. The molecule has 1 aromatic rings. The van der Waals surface area contributed by atoms with E-state index >= 15 is 0 Å². The van der Waals surface area contributed by atoms with Crippen LogP contribution in [0.1, 0.15) is 51.9 Å². The summed E-state index contributed by atoms with van der Waals surface area (Å²) < 4.78 is 0. The maximum Gasteiger partial charge on any atom is 0.248 e. The number of carbonyl (C=O) groups excluding carboxylic acids is 3. The van der Waals surface area contributed by atoms with Crippen LogP contribution >= 0.6 is 11.6 Å². The molecule has 28 heavy (non-hydrogen) atoms. The van der Waals surface area contributed by atoms with Crippen LogP contribution in [0.15, 0.2) is 24.3 Å². The summed E-state index contributed by atoms with van der Waals surface area (Å²) in [5, 5.41) is 0.592. The highest BCUT2D eigenvalue weighted by molar-refractivity contribution is 6.30. The molecule has 0 N–H and O–H groups in total. The van der Waals surface area contributed by atoms with Crippen LogP contribution < -0.4 is 4.90 Å². The Morgan fingerprint density at radius 3 is 2.39 bits per heavy atom. The van der Waals surface area contributed by atoms with Crippen LogP contribution in [0, 0.1) is 0 Å². The van der Waals surface area contributed by atoms with Gasteiger partial charge in [0.1, 0.15) is 13.2 Å². The van der Waals surface area contributed by atoms with Gasteiger partial charge in [-0.3, -0.25) is 19.3 Å². The number of carbonyl (C=O) groups is 3. The van der Waals surface area contributed by atoms with Crippen molar-refractivity contribution < 1.29 is 14.4 Å². The first kappa shape index (κ1) is 22.2. The fourth-order valence-electron chi connectivity index (χ4n) is 3.20. The standard InChI is InChI=1S/C21H30ClN3O3/c1-3-4-5-6-7-8-9-19(26)23(2)14-20(27)24-15-21(28)25(16-24)18-12-10-17(22)11-13-18/h10-13H,3-9,14-16H2,1-2H3. The third-order valence-electron chi connectivity index (χ3n) is 4.97. The summed E-state index contributed by atoms with van der Waals surface area (Å²) in [4.78, 5) is 41.5. The van der Waals surface area contributed by atoms with Gasteiger partial charge >= 0.3 is 0 Å². The average Bonchev–Trinajstić information content (AvgIpc) is 3.06. The van der Waals surface area contributed by atoms with E-state index in [0.29, 0.717) is 17.1 Å². The number of halogens is 1. The lowest BCUT2D eigenvalue weighted by molar-refractivity contribution is -0.139. The van der Waals surface area contributed by atoms with Crippen LogP contribution in [0.25, 0.3) is 0 Å². The highest BCUT2D eigenvalue weighted by atomic mass is 35.5. The van der Waals surface area contributed by atoms with Gasteiger partial charge in [-0.05, 0) is 30.7 Å². The second-order valence-electron chi connectivity index (χ2n) is 7.30. The molecule has 1 aromatic carbocycles. The molecule has 0 saturated carbocycles. The second kappa shape index (κ2) is 11.1. The fraction of sp³-hybridized carbons (Fsp3) is 0.571. The minimum Gasteiger partial charge on any atom is -0.336 e. The Morgan fingerprint density at radius 2 is 1.71 bits per heavy atom. The molecule has 1 aliphatic rings. The minimum atomic E-state index is -0.219. The summed E-state index contributed by atoms with van der Waals surface area (Å²) in [5.74, 6) is -0.385. The maximum atomic E-state index is 12.5. The van der Waals surface area contributed by atoms with E-state index < -0.39 is 0 Å². The lowest BCUT2D eigenvalue weighted by Crippen LogP contribution is -2.40. The monoisotopic (exact) mass is 407 g/mol. The first-order valence-corrected chi connectivity index (χ1v) is 10.4. The van der Waals surface area contributed by atoms with Crippen LogP contribution in [0.2, 0.25) is 5.02 Å². The van der Waals surface area contributed by atoms with Gasteiger partial charge in [-0.25, -0.2) is 0 Å². The van der Waals surface area contributed by atoms with Crippen molar-refractivity contribution in [2.75, 3.05) is 31.7 Å². The molecule has 1 fully saturated rings. The highest BCUT2D eigenvalue weighted by Crippen LogP contribution is 2.21. The molecule has 0 radical (unpaired) electrons. The van der Waals surface area contributed by atoms with Crippen LogP contribution in [0.3, 0.4) is 0 Å². The number of hydrogen-bond donors (Lipinski definition) is 0. The van der Waals surface area contributed by atoms with Crippen molar-refractivity contribution in [2.45, 2.75) is 51.9 Å². The molecule has 6 nitrogen and oxygen atoms in total. The lowest BCUT2D eigenvalue weighted by atomic mass is 10.1. The minimum absolute atomic E-state index is 0.00357. The molecule has 0 bridgehead atoms. The first-order chi connectivity index (χ1) is 13.4. The zero-order valence-electron chi connectivity index (χ0n) is 16.8. The molecular weight excluding hydrogens is 378 g/mol. The molecule has 0 aromatic heterocycles. The topological polar surface area (TPSA) is 60.9 Å². The molecule has 1 saturated heterocycles. The van der Waals surface area contributed by atoms with E-state index in [1.807, 2.05) is 0 Å². The SMILES string of the molecule is CCCCCCCCC(=O)N(C)CC(=O)N1CC(=O)N(c2ccc(Cl)cc2)C1. The summed E-state index contributed by atoms with van der Waals surface area (Å²) in [6, 6.07) is 6.93. The first-order valence-electron chi connectivity index (χ1n) is 10.00. The van der Waals surface area contributed by atoms with Gasteiger partial charge in [-0.15, -0.1) is 0 Å². The quantitative estimate of drug-likeness (QED) is 0.556. The van der Waals surface area contributed by atoms with Crippen LogP contribution in [-0.2, 0) is 14.4 Å².